The Hall–Kier alpha value is -1.83. The van der Waals surface area contributed by atoms with Crippen molar-refractivity contribution >= 4 is 6.29 Å². The van der Waals surface area contributed by atoms with E-state index in [9.17, 15) is 4.79 Å². The van der Waals surface area contributed by atoms with Crippen LogP contribution >= 0.6 is 0 Å². The second-order valence-corrected chi connectivity index (χ2v) is 3.76. The molecule has 0 amide bonds. The van der Waals surface area contributed by atoms with Gasteiger partial charge in [0.1, 0.15) is 12.0 Å². The zero-order valence-corrected chi connectivity index (χ0v) is 9.22. The second kappa shape index (κ2) is 4.79. The largest absolute Gasteiger partial charge is 0.497 e. The Morgan fingerprint density at radius 2 is 2.19 bits per heavy atom. The maximum absolute atomic E-state index is 10.9. The van der Waals surface area contributed by atoms with Gasteiger partial charge in [-0.3, -0.25) is 4.79 Å². The van der Waals surface area contributed by atoms with E-state index >= 15 is 0 Å². The molecule has 0 bridgehead atoms. The Morgan fingerprint density at radius 3 is 2.81 bits per heavy atom. The van der Waals surface area contributed by atoms with Gasteiger partial charge in [0.2, 0.25) is 0 Å². The first-order valence-corrected chi connectivity index (χ1v) is 5.31. The van der Waals surface area contributed by atoms with Crippen molar-refractivity contribution in [2.24, 2.45) is 0 Å². The van der Waals surface area contributed by atoms with Crippen molar-refractivity contribution in [2.75, 3.05) is 7.11 Å². The number of carbonyl (C=O) groups excluding carboxylic acids is 1. The summed E-state index contributed by atoms with van der Waals surface area (Å²) >= 11 is 0. The number of carbonyl (C=O) groups is 1. The number of ether oxygens (including phenoxy) is 1. The first kappa shape index (κ1) is 10.7. The summed E-state index contributed by atoms with van der Waals surface area (Å²) in [6.45, 7) is 0. The molecule has 2 heteroatoms. The van der Waals surface area contributed by atoms with Crippen molar-refractivity contribution in [1.29, 1.82) is 0 Å². The molecule has 0 spiro atoms. The number of hydrogen-bond donors (Lipinski definition) is 0. The van der Waals surface area contributed by atoms with Gasteiger partial charge >= 0.3 is 0 Å². The predicted octanol–water partition coefficient (Wildman–Crippen LogP) is 3.07. The smallest absolute Gasteiger partial charge is 0.150 e. The van der Waals surface area contributed by atoms with E-state index in [0.29, 0.717) is 0 Å². The summed E-state index contributed by atoms with van der Waals surface area (Å²) in [6.07, 6.45) is 7.88. The molecule has 1 aliphatic carbocycles. The number of aldehydes is 1. The topological polar surface area (TPSA) is 26.3 Å². The van der Waals surface area contributed by atoms with Gasteiger partial charge in [0, 0.05) is 11.5 Å². The Bertz CT molecular complexity index is 444. The molecule has 2 rings (SSSR count). The fraction of sp³-hybridized carbons (Fsp3) is 0.214. The fourth-order valence-electron chi connectivity index (χ4n) is 1.94. The molecule has 0 radical (unpaired) electrons. The Kier molecular flexibility index (Phi) is 3.20. The van der Waals surface area contributed by atoms with Crippen LogP contribution in [-0.4, -0.2) is 13.4 Å². The van der Waals surface area contributed by atoms with E-state index in [1.807, 2.05) is 36.4 Å². The first-order chi connectivity index (χ1) is 7.85. The standard InChI is InChI=1S/C14H14O2/c1-16-13-8-6-11(7-9-13)14-5-3-2-4-12(14)10-15/h2-6,8-11H,7H2,1H3. The lowest BCUT2D eigenvalue weighted by molar-refractivity contribution is 0.112. The van der Waals surface area contributed by atoms with Crippen LogP contribution in [0.15, 0.2) is 48.3 Å². The molecule has 0 saturated heterocycles. The fourth-order valence-corrected chi connectivity index (χ4v) is 1.94. The van der Waals surface area contributed by atoms with Gasteiger partial charge in [-0.05, 0) is 24.1 Å². The molecular formula is C14H14O2. The van der Waals surface area contributed by atoms with Gasteiger partial charge in [-0.25, -0.2) is 0 Å². The van der Waals surface area contributed by atoms with Crippen molar-refractivity contribution in [3.05, 3.63) is 59.4 Å². The van der Waals surface area contributed by atoms with E-state index < -0.39 is 0 Å². The van der Waals surface area contributed by atoms with Gasteiger partial charge in [-0.1, -0.05) is 30.3 Å². The molecule has 1 atom stereocenters. The van der Waals surface area contributed by atoms with E-state index in [1.165, 1.54) is 0 Å². The molecule has 16 heavy (non-hydrogen) atoms. The first-order valence-electron chi connectivity index (χ1n) is 5.31. The second-order valence-electron chi connectivity index (χ2n) is 3.76. The molecule has 82 valence electrons. The van der Waals surface area contributed by atoms with Crippen molar-refractivity contribution < 1.29 is 9.53 Å². The van der Waals surface area contributed by atoms with Gasteiger partial charge in [-0.2, -0.15) is 0 Å². The van der Waals surface area contributed by atoms with Gasteiger partial charge in [0.25, 0.3) is 0 Å². The minimum Gasteiger partial charge on any atom is -0.497 e. The predicted molar refractivity (Wildman–Crippen MR) is 63.4 cm³/mol. The summed E-state index contributed by atoms with van der Waals surface area (Å²) in [4.78, 5) is 10.9. The lowest BCUT2D eigenvalue weighted by atomic mass is 9.89. The SMILES string of the molecule is COC1=CCC(c2ccccc2C=O)C=C1. The van der Waals surface area contributed by atoms with Crippen LogP contribution in [0.4, 0.5) is 0 Å². The van der Waals surface area contributed by atoms with Crippen LogP contribution in [0.5, 0.6) is 0 Å². The third-order valence-corrected chi connectivity index (χ3v) is 2.82. The maximum Gasteiger partial charge on any atom is 0.150 e. The zero-order valence-electron chi connectivity index (χ0n) is 9.22. The highest BCUT2D eigenvalue weighted by Crippen LogP contribution is 2.28. The zero-order chi connectivity index (χ0) is 11.4. The quantitative estimate of drug-likeness (QED) is 0.723. The summed E-state index contributed by atoms with van der Waals surface area (Å²) in [5.74, 6) is 1.17. The van der Waals surface area contributed by atoms with Crippen LogP contribution < -0.4 is 0 Å². The Labute approximate surface area is 95.2 Å². The van der Waals surface area contributed by atoms with Crippen molar-refractivity contribution in [3.63, 3.8) is 0 Å². The Balaban J connectivity index is 2.24. The average molecular weight is 214 g/mol. The molecule has 1 aromatic carbocycles. The summed E-state index contributed by atoms with van der Waals surface area (Å²) in [5, 5.41) is 0. The highest BCUT2D eigenvalue weighted by Gasteiger charge is 2.14. The monoisotopic (exact) mass is 214 g/mol. The van der Waals surface area contributed by atoms with Gasteiger partial charge in [0.15, 0.2) is 0 Å². The third kappa shape index (κ3) is 2.06. The molecular weight excluding hydrogens is 200 g/mol. The molecule has 2 nitrogen and oxygen atoms in total. The van der Waals surface area contributed by atoms with Crippen molar-refractivity contribution in [2.45, 2.75) is 12.3 Å². The normalized spacial score (nSPS) is 19.1. The van der Waals surface area contributed by atoms with Gasteiger partial charge in [0.05, 0.1) is 7.11 Å². The molecule has 0 saturated carbocycles. The van der Waals surface area contributed by atoms with Crippen LogP contribution in [0.25, 0.3) is 0 Å². The minimum atomic E-state index is 0.278. The minimum absolute atomic E-state index is 0.278. The molecule has 1 aromatic rings. The molecule has 0 heterocycles. The molecule has 0 N–H and O–H groups in total. The molecule has 1 unspecified atom stereocenters. The van der Waals surface area contributed by atoms with Crippen LogP contribution in [0.1, 0.15) is 28.3 Å². The highest BCUT2D eigenvalue weighted by atomic mass is 16.5. The lowest BCUT2D eigenvalue weighted by Crippen LogP contribution is -2.02. The number of hydrogen-bond acceptors (Lipinski definition) is 2. The number of benzene rings is 1. The molecule has 0 aliphatic heterocycles. The van der Waals surface area contributed by atoms with Crippen LogP contribution in [0.2, 0.25) is 0 Å². The van der Waals surface area contributed by atoms with Crippen molar-refractivity contribution in [3.8, 4) is 0 Å². The van der Waals surface area contributed by atoms with Crippen molar-refractivity contribution in [1.82, 2.24) is 0 Å². The number of rotatable bonds is 3. The molecule has 0 fully saturated rings. The third-order valence-electron chi connectivity index (χ3n) is 2.82. The number of methoxy groups -OCH3 is 1. The van der Waals surface area contributed by atoms with E-state index in [-0.39, 0.29) is 5.92 Å². The Morgan fingerprint density at radius 1 is 1.38 bits per heavy atom. The highest BCUT2D eigenvalue weighted by molar-refractivity contribution is 5.77. The van der Waals surface area contributed by atoms with E-state index in [4.69, 9.17) is 4.74 Å². The number of allylic oxidation sites excluding steroid dienone is 3. The van der Waals surface area contributed by atoms with Crippen LogP contribution in [0.3, 0.4) is 0 Å². The molecule has 0 aromatic heterocycles. The summed E-state index contributed by atoms with van der Waals surface area (Å²) < 4.78 is 5.14. The summed E-state index contributed by atoms with van der Waals surface area (Å²) in [6, 6.07) is 7.71. The van der Waals surface area contributed by atoms with E-state index in [0.717, 1.165) is 29.6 Å². The van der Waals surface area contributed by atoms with Crippen LogP contribution in [-0.2, 0) is 4.74 Å². The van der Waals surface area contributed by atoms with E-state index in [2.05, 4.69) is 6.08 Å². The maximum atomic E-state index is 10.9. The van der Waals surface area contributed by atoms with Gasteiger partial charge < -0.3 is 4.74 Å². The van der Waals surface area contributed by atoms with Crippen LogP contribution in [0, 0.1) is 0 Å². The van der Waals surface area contributed by atoms with E-state index in [1.54, 1.807) is 7.11 Å². The summed E-state index contributed by atoms with van der Waals surface area (Å²) in [7, 11) is 1.66. The average Bonchev–Trinajstić information content (AvgIpc) is 2.39. The molecule has 1 aliphatic rings. The summed E-state index contributed by atoms with van der Waals surface area (Å²) in [5.41, 5.74) is 1.85. The lowest BCUT2D eigenvalue weighted by Gasteiger charge is -2.17. The van der Waals surface area contributed by atoms with Gasteiger partial charge in [-0.15, -0.1) is 0 Å².